The number of anilines is 2. The summed E-state index contributed by atoms with van der Waals surface area (Å²) in [4.78, 5) is 36.3. The molecule has 0 fully saturated rings. The third-order valence-corrected chi connectivity index (χ3v) is 4.50. The van der Waals surface area contributed by atoms with Gasteiger partial charge in [-0.2, -0.15) is 0 Å². The molecule has 0 spiro atoms. The first kappa shape index (κ1) is 27.6. The van der Waals surface area contributed by atoms with Crippen molar-refractivity contribution >= 4 is 35.4 Å². The third kappa shape index (κ3) is 11.4. The Morgan fingerprint density at radius 2 is 1.37 bits per heavy atom. The zero-order valence-corrected chi connectivity index (χ0v) is 21.4. The topological polar surface area (TPSA) is 93.7 Å². The van der Waals surface area contributed by atoms with Crippen LogP contribution in [0.2, 0.25) is 0 Å². The predicted molar refractivity (Wildman–Crippen MR) is 139 cm³/mol. The largest absolute Gasteiger partial charge is 0.457 e. The maximum absolute atomic E-state index is 12.5. The van der Waals surface area contributed by atoms with Gasteiger partial charge in [-0.05, 0) is 83.7 Å². The molecule has 0 saturated carbocycles. The van der Waals surface area contributed by atoms with Crippen LogP contribution >= 0.6 is 0 Å². The molecule has 7 nitrogen and oxygen atoms in total. The fourth-order valence-corrected chi connectivity index (χ4v) is 3.08. The van der Waals surface area contributed by atoms with Crippen molar-refractivity contribution < 1.29 is 23.9 Å². The summed E-state index contributed by atoms with van der Waals surface area (Å²) in [7, 11) is 0. The van der Waals surface area contributed by atoms with Crippen molar-refractivity contribution in [2.24, 2.45) is 0 Å². The molecule has 2 rings (SSSR count). The van der Waals surface area contributed by atoms with E-state index in [0.29, 0.717) is 24.2 Å². The highest BCUT2D eigenvalue weighted by Crippen LogP contribution is 2.22. The number of hydrogen-bond acceptors (Lipinski definition) is 5. The number of nitrogens with one attached hydrogen (secondary N) is 2. The molecule has 35 heavy (non-hydrogen) atoms. The van der Waals surface area contributed by atoms with Gasteiger partial charge < -0.3 is 14.8 Å². The predicted octanol–water partition coefficient (Wildman–Crippen LogP) is 6.35. The van der Waals surface area contributed by atoms with E-state index >= 15 is 0 Å². The molecule has 0 aliphatic heterocycles. The molecule has 0 saturated heterocycles. The highest BCUT2D eigenvalue weighted by Gasteiger charge is 2.17. The highest BCUT2D eigenvalue weighted by molar-refractivity contribution is 5.97. The molecule has 0 radical (unpaired) electrons. The zero-order valence-electron chi connectivity index (χ0n) is 21.4. The van der Waals surface area contributed by atoms with Crippen molar-refractivity contribution in [2.75, 3.05) is 10.6 Å². The van der Waals surface area contributed by atoms with Gasteiger partial charge in [0.05, 0.1) is 11.4 Å². The van der Waals surface area contributed by atoms with Crippen molar-refractivity contribution in [1.29, 1.82) is 0 Å². The first-order valence-electron chi connectivity index (χ1n) is 11.7. The average molecular weight is 481 g/mol. The van der Waals surface area contributed by atoms with Crippen LogP contribution in [0.3, 0.4) is 0 Å². The fraction of sp³-hybridized carbons (Fsp3) is 0.393. The Morgan fingerprint density at radius 3 is 1.94 bits per heavy atom. The third-order valence-electron chi connectivity index (χ3n) is 4.50. The maximum Gasteiger partial charge on any atom is 0.412 e. The van der Waals surface area contributed by atoms with Gasteiger partial charge in [0.2, 0.25) is 5.91 Å². The van der Waals surface area contributed by atoms with E-state index in [-0.39, 0.29) is 11.9 Å². The number of carbonyl (C=O) groups is 3. The second kappa shape index (κ2) is 12.2. The molecule has 2 aromatic rings. The van der Waals surface area contributed by atoms with Gasteiger partial charge in [-0.15, -0.1) is 0 Å². The summed E-state index contributed by atoms with van der Waals surface area (Å²) in [6.45, 7) is 10.8. The van der Waals surface area contributed by atoms with Crippen LogP contribution in [-0.2, 0) is 25.5 Å². The van der Waals surface area contributed by atoms with Gasteiger partial charge in [-0.1, -0.05) is 36.4 Å². The van der Waals surface area contributed by atoms with Gasteiger partial charge in [0, 0.05) is 12.5 Å². The lowest BCUT2D eigenvalue weighted by molar-refractivity contribution is -0.148. The van der Waals surface area contributed by atoms with E-state index in [9.17, 15) is 14.4 Å². The Morgan fingerprint density at radius 1 is 0.800 bits per heavy atom. The zero-order chi connectivity index (χ0) is 26.1. The quantitative estimate of drug-likeness (QED) is 0.339. The summed E-state index contributed by atoms with van der Waals surface area (Å²) < 4.78 is 10.5. The molecule has 2 aromatic carbocycles. The van der Waals surface area contributed by atoms with Crippen LogP contribution in [0, 0.1) is 0 Å². The Kier molecular flexibility index (Phi) is 9.63. The molecule has 7 heteroatoms. The second-order valence-corrected chi connectivity index (χ2v) is 10.2. The van der Waals surface area contributed by atoms with Gasteiger partial charge in [0.1, 0.15) is 11.2 Å². The molecular weight excluding hydrogens is 444 g/mol. The Hall–Kier alpha value is -3.61. The van der Waals surface area contributed by atoms with Crippen molar-refractivity contribution in [3.63, 3.8) is 0 Å². The molecule has 0 aliphatic carbocycles. The maximum atomic E-state index is 12.5. The van der Waals surface area contributed by atoms with Gasteiger partial charge in [0.15, 0.2) is 0 Å². The normalized spacial score (nSPS) is 11.7. The molecule has 0 atom stereocenters. The van der Waals surface area contributed by atoms with E-state index < -0.39 is 17.3 Å². The lowest BCUT2D eigenvalue weighted by Gasteiger charge is -2.20. The summed E-state index contributed by atoms with van der Waals surface area (Å²) in [6.07, 6.45) is 4.29. The van der Waals surface area contributed by atoms with Crippen molar-refractivity contribution in [2.45, 2.75) is 72.0 Å². The molecule has 188 valence electrons. The number of carbonyl (C=O) groups excluding carboxylic acids is 3. The van der Waals surface area contributed by atoms with Crippen LogP contribution in [0.15, 0.2) is 54.6 Å². The Bertz CT molecular complexity index is 1040. The minimum atomic E-state index is -0.616. The van der Waals surface area contributed by atoms with Gasteiger partial charge in [-0.25, -0.2) is 9.59 Å². The molecule has 2 amide bonds. The van der Waals surface area contributed by atoms with E-state index in [1.807, 2.05) is 45.0 Å². The second-order valence-electron chi connectivity index (χ2n) is 10.2. The molecule has 0 bridgehead atoms. The molecule has 2 N–H and O–H groups in total. The number of esters is 1. The monoisotopic (exact) mass is 480 g/mol. The van der Waals surface area contributed by atoms with E-state index in [1.54, 1.807) is 51.1 Å². The number of ether oxygens (including phenoxy) is 2. The highest BCUT2D eigenvalue weighted by atomic mass is 16.6. The van der Waals surface area contributed by atoms with Gasteiger partial charge in [0.25, 0.3) is 0 Å². The van der Waals surface area contributed by atoms with Crippen LogP contribution < -0.4 is 10.6 Å². The van der Waals surface area contributed by atoms with Crippen LogP contribution in [0.25, 0.3) is 6.08 Å². The number of hydrogen-bond donors (Lipinski definition) is 2. The van der Waals surface area contributed by atoms with Crippen LogP contribution in [-0.4, -0.2) is 29.2 Å². The lowest BCUT2D eigenvalue weighted by atomic mass is 10.1. The standard InChI is InChI=1S/C28H36N2O5/c1-27(2,3)34-25(32)19-18-21-16-14-20(15-17-21)10-9-13-24(31)29-22-11-7-8-12-23(22)30-26(33)35-28(4,5)6/h7-8,11-12,14-19H,9-10,13H2,1-6H3,(H,29,31)(H,30,33)/b19-18+. The average Bonchev–Trinajstić information content (AvgIpc) is 2.72. The number of para-hydroxylation sites is 2. The van der Waals surface area contributed by atoms with Gasteiger partial charge >= 0.3 is 12.1 Å². The molecular formula is C28H36N2O5. The molecule has 0 aliphatic rings. The SMILES string of the molecule is CC(C)(C)OC(=O)/C=C/c1ccc(CCCC(=O)Nc2ccccc2NC(=O)OC(C)(C)C)cc1. The van der Waals surface area contributed by atoms with Crippen molar-refractivity contribution in [3.8, 4) is 0 Å². The molecule has 0 heterocycles. The van der Waals surface area contributed by atoms with Crippen LogP contribution in [0.5, 0.6) is 0 Å². The smallest absolute Gasteiger partial charge is 0.412 e. The van der Waals surface area contributed by atoms with Crippen molar-refractivity contribution in [3.05, 3.63) is 65.7 Å². The summed E-state index contributed by atoms with van der Waals surface area (Å²) in [5.41, 5.74) is 1.85. The van der Waals surface area contributed by atoms with Crippen LogP contribution in [0.1, 0.15) is 65.5 Å². The fourth-order valence-electron chi connectivity index (χ4n) is 3.08. The van der Waals surface area contributed by atoms with E-state index in [2.05, 4.69) is 10.6 Å². The summed E-state index contributed by atoms with van der Waals surface area (Å²) in [5.74, 6) is -0.518. The number of amides is 2. The first-order valence-corrected chi connectivity index (χ1v) is 11.7. The Labute approximate surface area is 207 Å². The van der Waals surface area contributed by atoms with Crippen LogP contribution in [0.4, 0.5) is 16.2 Å². The molecule has 0 aromatic heterocycles. The van der Waals surface area contributed by atoms with Crippen molar-refractivity contribution in [1.82, 2.24) is 0 Å². The summed E-state index contributed by atoms with van der Waals surface area (Å²) in [5, 5.41) is 5.53. The first-order chi connectivity index (χ1) is 16.3. The number of rotatable bonds is 8. The summed E-state index contributed by atoms with van der Waals surface area (Å²) in [6, 6.07) is 14.8. The minimum Gasteiger partial charge on any atom is -0.457 e. The van der Waals surface area contributed by atoms with Gasteiger partial charge in [-0.3, -0.25) is 10.1 Å². The molecule has 0 unspecified atom stereocenters. The number of aryl methyl sites for hydroxylation is 1. The summed E-state index contributed by atoms with van der Waals surface area (Å²) >= 11 is 0. The number of benzene rings is 2. The van der Waals surface area contributed by atoms with E-state index in [1.165, 1.54) is 6.08 Å². The van der Waals surface area contributed by atoms with E-state index in [0.717, 1.165) is 17.5 Å². The lowest BCUT2D eigenvalue weighted by Crippen LogP contribution is -2.27. The Balaban J connectivity index is 1.83. The minimum absolute atomic E-state index is 0.139. The van der Waals surface area contributed by atoms with E-state index in [4.69, 9.17) is 9.47 Å².